The number of nitrogens with two attached hydrogens (primary N) is 1. The summed E-state index contributed by atoms with van der Waals surface area (Å²) in [6, 6.07) is 7.53. The summed E-state index contributed by atoms with van der Waals surface area (Å²) in [7, 11) is -10.8. The fourth-order valence-electron chi connectivity index (χ4n) is 8.95. The van der Waals surface area contributed by atoms with Crippen molar-refractivity contribution in [1.82, 2.24) is 19.9 Å². The first kappa shape index (κ1) is 36.0. The van der Waals surface area contributed by atoms with Gasteiger partial charge in [-0.05, 0) is 49.9 Å². The Morgan fingerprint density at radius 3 is 2.17 bits per heavy atom. The number of nitrogens with zero attached hydrogens (tertiary/aromatic N) is 5. The van der Waals surface area contributed by atoms with Crippen molar-refractivity contribution in [1.29, 1.82) is 0 Å². The number of fused-ring (bicyclic) bond motifs is 2. The van der Waals surface area contributed by atoms with E-state index in [0.29, 0.717) is 53.6 Å². The van der Waals surface area contributed by atoms with Crippen LogP contribution in [-0.2, 0) is 29.7 Å². The molecule has 5 aliphatic rings. The topological polar surface area (TPSA) is 186 Å². The van der Waals surface area contributed by atoms with Gasteiger partial charge in [0.25, 0.3) is 0 Å². The van der Waals surface area contributed by atoms with Crippen LogP contribution in [0.25, 0.3) is 33.0 Å². The molecule has 6 heterocycles. The molecular formula is C34H34F3N7O6S4. The molecule has 4 aromatic rings. The number of nitrogens with one attached hydrogen (secondary N) is 1. The lowest BCUT2D eigenvalue weighted by Crippen LogP contribution is -2.62. The highest BCUT2D eigenvalue weighted by Crippen LogP contribution is 2.51. The number of hydrogen-bond acceptors (Lipinski definition) is 13. The van der Waals surface area contributed by atoms with Crippen molar-refractivity contribution in [2.45, 2.75) is 54.7 Å². The van der Waals surface area contributed by atoms with Gasteiger partial charge in [-0.3, -0.25) is 4.90 Å². The molecule has 13 nitrogen and oxygen atoms in total. The van der Waals surface area contributed by atoms with Crippen molar-refractivity contribution in [2.24, 2.45) is 10.6 Å². The molecule has 1 saturated carbocycles. The molecule has 0 radical (unpaired) electrons. The molecule has 2 unspecified atom stereocenters. The molecule has 20 heteroatoms. The van der Waals surface area contributed by atoms with Gasteiger partial charge in [0.2, 0.25) is 16.0 Å². The van der Waals surface area contributed by atoms with Crippen molar-refractivity contribution in [3.05, 3.63) is 60.0 Å². The molecule has 2 aromatic carbocycles. The van der Waals surface area contributed by atoms with Crippen molar-refractivity contribution >= 4 is 52.1 Å². The highest BCUT2D eigenvalue weighted by molar-refractivity contribution is 7.93. The molecule has 5 fully saturated rings. The van der Waals surface area contributed by atoms with E-state index in [1.807, 2.05) is 0 Å². The van der Waals surface area contributed by atoms with Gasteiger partial charge < -0.3 is 10.2 Å². The number of sulfone groups is 2. The van der Waals surface area contributed by atoms with Crippen LogP contribution in [0.3, 0.4) is 0 Å². The molecule has 0 amide bonds. The van der Waals surface area contributed by atoms with Crippen LogP contribution in [0.1, 0.15) is 25.7 Å². The molecule has 2 aromatic heterocycles. The van der Waals surface area contributed by atoms with Crippen LogP contribution in [0.2, 0.25) is 0 Å². The number of hydrogen-bond donors (Lipinski definition) is 2. The molecule has 4 saturated heterocycles. The minimum atomic E-state index is -4.83. The zero-order chi connectivity index (χ0) is 37.9. The number of primary sulfonamides is 1. The lowest BCUT2D eigenvalue weighted by atomic mass is 9.67. The molecule has 54 heavy (non-hydrogen) atoms. The van der Waals surface area contributed by atoms with E-state index in [9.17, 15) is 29.6 Å². The average molecular weight is 822 g/mol. The second-order valence-corrected chi connectivity index (χ2v) is 21.8. The largest absolute Gasteiger partial charge is 0.351 e. The lowest BCUT2D eigenvalue weighted by Gasteiger charge is -2.53. The summed E-state index contributed by atoms with van der Waals surface area (Å²) in [4.78, 5) is 17.7. The Labute approximate surface area is 313 Å². The summed E-state index contributed by atoms with van der Waals surface area (Å²) >= 11 is 1.30. The molecule has 3 N–H and O–H groups in total. The van der Waals surface area contributed by atoms with Gasteiger partial charge in [-0.2, -0.15) is 0 Å². The summed E-state index contributed by atoms with van der Waals surface area (Å²) in [5.74, 6) is -2.90. The summed E-state index contributed by atoms with van der Waals surface area (Å²) in [6.45, 7) is 1.29. The Morgan fingerprint density at radius 1 is 0.852 bits per heavy atom. The number of rotatable bonds is 8. The maximum Gasteiger partial charge on any atom is 0.243 e. The first-order valence-corrected chi connectivity index (χ1v) is 23.3. The van der Waals surface area contributed by atoms with Crippen LogP contribution >= 0.6 is 11.3 Å². The van der Waals surface area contributed by atoms with E-state index in [0.717, 1.165) is 18.9 Å². The van der Waals surface area contributed by atoms with Crippen LogP contribution in [0, 0.1) is 22.9 Å². The highest BCUT2D eigenvalue weighted by atomic mass is 32.2. The Balaban J connectivity index is 1.09. The van der Waals surface area contributed by atoms with E-state index in [1.165, 1.54) is 29.5 Å². The molecule has 9 rings (SSSR count). The Bertz CT molecular complexity index is 2530. The summed E-state index contributed by atoms with van der Waals surface area (Å²) < 4.78 is 118. The molecule has 1 spiro atoms. The van der Waals surface area contributed by atoms with Gasteiger partial charge in [-0.15, -0.1) is 0 Å². The number of anilines is 2. The summed E-state index contributed by atoms with van der Waals surface area (Å²) in [5, 5.41) is 9.00. The van der Waals surface area contributed by atoms with Crippen molar-refractivity contribution in [3.63, 3.8) is 0 Å². The molecule has 2 bridgehead atoms. The second-order valence-electron chi connectivity index (χ2n) is 15.1. The Morgan fingerprint density at radius 2 is 1.52 bits per heavy atom. The van der Waals surface area contributed by atoms with E-state index in [-0.39, 0.29) is 69.4 Å². The van der Waals surface area contributed by atoms with E-state index >= 15 is 8.78 Å². The molecule has 4 aliphatic heterocycles. The van der Waals surface area contributed by atoms with Crippen molar-refractivity contribution in [3.8, 4) is 33.0 Å². The third-order valence-electron chi connectivity index (χ3n) is 11.3. The van der Waals surface area contributed by atoms with Crippen LogP contribution < -0.4 is 15.4 Å². The number of aromatic nitrogens is 3. The van der Waals surface area contributed by atoms with E-state index in [4.69, 9.17) is 15.1 Å². The fourth-order valence-corrected chi connectivity index (χ4v) is 14.6. The Hall–Kier alpha value is -3.69. The number of likely N-dealkylation sites (tertiary alicyclic amines) is 1. The summed E-state index contributed by atoms with van der Waals surface area (Å²) in [5.41, 5.74) is -0.451. The minimum absolute atomic E-state index is 0.0210. The molecule has 2 atom stereocenters. The van der Waals surface area contributed by atoms with E-state index < -0.39 is 57.6 Å². The van der Waals surface area contributed by atoms with Crippen molar-refractivity contribution in [2.75, 3.05) is 46.3 Å². The predicted octanol–water partition coefficient (Wildman–Crippen LogP) is 3.44. The van der Waals surface area contributed by atoms with E-state index in [1.54, 1.807) is 12.3 Å². The molecule has 286 valence electrons. The van der Waals surface area contributed by atoms with Crippen molar-refractivity contribution < 1.29 is 38.4 Å². The SMILES string of the molecule is NS(=O)(=O)c1c(F)ccc(-c2cccc(-c3nc(N4C5CCC4CN(C4CS(=O)(=O)C4)C5)sc3-c3ccnc(NC4CC5(C4)CS(=O)(=O)C5)n3)c2F)c1F. The first-order chi connectivity index (χ1) is 25.5. The maximum atomic E-state index is 16.8. The highest BCUT2D eigenvalue weighted by Gasteiger charge is 2.56. The molecular weight excluding hydrogens is 788 g/mol. The summed E-state index contributed by atoms with van der Waals surface area (Å²) in [6.07, 6.45) is 4.61. The normalized spacial score (nSPS) is 24.6. The zero-order valence-corrected chi connectivity index (χ0v) is 31.7. The first-order valence-electron chi connectivity index (χ1n) is 17.3. The average Bonchev–Trinajstić information content (AvgIpc) is 3.59. The van der Waals surface area contributed by atoms with Crippen LogP contribution in [0.5, 0.6) is 0 Å². The van der Waals surface area contributed by atoms with Gasteiger partial charge in [0.1, 0.15) is 11.6 Å². The smallest absolute Gasteiger partial charge is 0.243 e. The number of benzene rings is 2. The number of thiazole rings is 1. The minimum Gasteiger partial charge on any atom is -0.351 e. The van der Waals surface area contributed by atoms with Gasteiger partial charge in [0.05, 0.1) is 39.3 Å². The third kappa shape index (κ3) is 6.18. The van der Waals surface area contributed by atoms with Gasteiger partial charge in [0.15, 0.2) is 35.5 Å². The van der Waals surface area contributed by atoms with Crippen LogP contribution in [0.15, 0.2) is 47.5 Å². The quantitative estimate of drug-likeness (QED) is 0.264. The third-order valence-corrected chi connectivity index (χ3v) is 17.2. The number of piperazine rings is 1. The Kier molecular flexibility index (Phi) is 8.27. The predicted molar refractivity (Wildman–Crippen MR) is 196 cm³/mol. The number of sulfonamides is 1. The van der Waals surface area contributed by atoms with Gasteiger partial charge in [-0.25, -0.2) is 58.5 Å². The van der Waals surface area contributed by atoms with Gasteiger partial charge >= 0.3 is 0 Å². The second kappa shape index (κ2) is 12.4. The zero-order valence-electron chi connectivity index (χ0n) is 28.5. The fraction of sp³-hybridized carbons (Fsp3) is 0.441. The standard InChI is InChI=1S/C34H34F3N7O6S4/c35-25-7-6-23(28(37)31(25)54(38,49)50)22-2-1-3-24(27(22)36)29-30(26-8-9-39-32(41-26)40-18-10-34(11-18)16-53(47,48)17-34)51-33(42-29)44-19-4-5-20(44)13-43(12-19)21-14-52(45,46)15-21/h1-3,6-9,18-21H,4-5,10-17H2,(H2,38,49,50)(H,39,40,41). The lowest BCUT2D eigenvalue weighted by molar-refractivity contribution is 0.153. The van der Waals surface area contributed by atoms with E-state index in [2.05, 4.69) is 20.1 Å². The van der Waals surface area contributed by atoms with Gasteiger partial charge in [-0.1, -0.05) is 23.5 Å². The van der Waals surface area contributed by atoms with Crippen LogP contribution in [-0.4, -0.2) is 105 Å². The molecule has 1 aliphatic carbocycles. The van der Waals surface area contributed by atoms with Gasteiger partial charge in [0, 0.05) is 65.6 Å². The maximum absolute atomic E-state index is 16.8. The number of halogens is 3. The van der Waals surface area contributed by atoms with Crippen LogP contribution in [0.4, 0.5) is 24.3 Å². The monoisotopic (exact) mass is 821 g/mol.